The average Bonchev–Trinajstić information content (AvgIpc) is 2.68. The van der Waals surface area contributed by atoms with E-state index in [1.165, 1.54) is 10.4 Å². The molecule has 0 bridgehead atoms. The zero-order valence-electron chi connectivity index (χ0n) is 16.6. The highest BCUT2D eigenvalue weighted by molar-refractivity contribution is 7.88. The Kier molecular flexibility index (Phi) is 6.11. The van der Waals surface area contributed by atoms with Crippen molar-refractivity contribution in [2.45, 2.75) is 37.9 Å². The number of anilines is 1. The van der Waals surface area contributed by atoms with Gasteiger partial charge in [0, 0.05) is 30.9 Å². The van der Waals surface area contributed by atoms with Crippen LogP contribution in [0, 0.1) is 11.3 Å². The summed E-state index contributed by atoms with van der Waals surface area (Å²) in [7, 11) is -3.58. The summed E-state index contributed by atoms with van der Waals surface area (Å²) in [6, 6.07) is 13.3. The van der Waals surface area contributed by atoms with Crippen LogP contribution < -0.4 is 4.90 Å². The number of rotatable bonds is 4. The SMILES string of the molecule is CC1CN(S(=O)(=O)Cc2ccccc2)C(C)CN1c1ccc(C#N)c(C(F)(F)F)c1. The van der Waals surface area contributed by atoms with Crippen LogP contribution >= 0.6 is 0 Å². The van der Waals surface area contributed by atoms with Gasteiger partial charge in [-0.2, -0.15) is 22.7 Å². The van der Waals surface area contributed by atoms with Gasteiger partial charge in [0.25, 0.3) is 0 Å². The number of benzene rings is 2. The Bertz CT molecular complexity index is 1050. The number of nitrogens with zero attached hydrogens (tertiary/aromatic N) is 3. The molecule has 2 aromatic rings. The fraction of sp³-hybridized carbons (Fsp3) is 0.381. The predicted octanol–water partition coefficient (Wildman–Crippen LogP) is 4.01. The summed E-state index contributed by atoms with van der Waals surface area (Å²) < 4.78 is 67.3. The van der Waals surface area contributed by atoms with Gasteiger partial charge >= 0.3 is 6.18 Å². The van der Waals surface area contributed by atoms with Crippen molar-refractivity contribution in [2.75, 3.05) is 18.0 Å². The lowest BCUT2D eigenvalue weighted by molar-refractivity contribution is -0.137. The molecular weight excluding hydrogens is 415 g/mol. The molecule has 30 heavy (non-hydrogen) atoms. The normalized spacial score (nSPS) is 20.7. The van der Waals surface area contributed by atoms with E-state index < -0.39 is 33.4 Å². The predicted molar refractivity (Wildman–Crippen MR) is 108 cm³/mol. The highest BCUT2D eigenvalue weighted by Gasteiger charge is 2.38. The van der Waals surface area contributed by atoms with Crippen molar-refractivity contribution in [1.82, 2.24) is 4.31 Å². The van der Waals surface area contributed by atoms with Crippen LogP contribution in [0.4, 0.5) is 18.9 Å². The maximum atomic E-state index is 13.3. The molecule has 2 atom stereocenters. The van der Waals surface area contributed by atoms with Crippen molar-refractivity contribution >= 4 is 15.7 Å². The van der Waals surface area contributed by atoms with Crippen molar-refractivity contribution in [3.05, 3.63) is 65.2 Å². The first kappa shape index (κ1) is 22.1. The molecule has 1 heterocycles. The van der Waals surface area contributed by atoms with E-state index in [9.17, 15) is 21.6 Å². The molecule has 160 valence electrons. The Balaban J connectivity index is 1.84. The first-order valence-electron chi connectivity index (χ1n) is 9.44. The summed E-state index contributed by atoms with van der Waals surface area (Å²) in [5, 5.41) is 8.99. The van der Waals surface area contributed by atoms with E-state index in [1.807, 2.05) is 6.07 Å². The fourth-order valence-corrected chi connectivity index (χ4v) is 5.59. The number of hydrogen-bond donors (Lipinski definition) is 0. The van der Waals surface area contributed by atoms with Crippen LogP contribution in [0.1, 0.15) is 30.5 Å². The second-order valence-corrected chi connectivity index (χ2v) is 9.42. The molecule has 1 aliphatic heterocycles. The highest BCUT2D eigenvalue weighted by atomic mass is 32.2. The van der Waals surface area contributed by atoms with Crippen molar-refractivity contribution in [3.63, 3.8) is 0 Å². The minimum Gasteiger partial charge on any atom is -0.366 e. The van der Waals surface area contributed by atoms with Crippen molar-refractivity contribution < 1.29 is 21.6 Å². The highest BCUT2D eigenvalue weighted by Crippen LogP contribution is 2.36. The first-order chi connectivity index (χ1) is 14.0. The molecule has 0 N–H and O–H groups in total. The topological polar surface area (TPSA) is 64.4 Å². The Morgan fingerprint density at radius 3 is 2.33 bits per heavy atom. The van der Waals surface area contributed by atoms with Crippen LogP contribution in [0.3, 0.4) is 0 Å². The largest absolute Gasteiger partial charge is 0.417 e. The second kappa shape index (κ2) is 8.28. The Labute approximate surface area is 174 Å². The van der Waals surface area contributed by atoms with Crippen LogP contribution in [-0.4, -0.2) is 37.9 Å². The third-order valence-corrected chi connectivity index (χ3v) is 7.16. The minimum atomic E-state index is -4.64. The van der Waals surface area contributed by atoms with Gasteiger partial charge in [0.15, 0.2) is 0 Å². The Morgan fingerprint density at radius 2 is 1.73 bits per heavy atom. The van der Waals surface area contributed by atoms with E-state index in [-0.39, 0.29) is 24.9 Å². The molecule has 0 aromatic heterocycles. The molecular formula is C21H22F3N3O2S. The van der Waals surface area contributed by atoms with Gasteiger partial charge in [-0.05, 0) is 37.6 Å². The zero-order valence-corrected chi connectivity index (χ0v) is 17.4. The van der Waals surface area contributed by atoms with Crippen molar-refractivity contribution in [3.8, 4) is 6.07 Å². The quantitative estimate of drug-likeness (QED) is 0.725. The molecule has 1 saturated heterocycles. The molecule has 9 heteroatoms. The van der Waals surface area contributed by atoms with Gasteiger partial charge in [-0.3, -0.25) is 0 Å². The van der Waals surface area contributed by atoms with E-state index >= 15 is 0 Å². The van der Waals surface area contributed by atoms with Crippen molar-refractivity contribution in [1.29, 1.82) is 5.26 Å². The Hall–Kier alpha value is -2.57. The van der Waals surface area contributed by atoms with Gasteiger partial charge < -0.3 is 4.90 Å². The Morgan fingerprint density at radius 1 is 1.07 bits per heavy atom. The number of halogens is 3. The lowest BCUT2D eigenvalue weighted by Gasteiger charge is -2.44. The van der Waals surface area contributed by atoms with Gasteiger partial charge in [-0.15, -0.1) is 0 Å². The number of sulfonamides is 1. The fourth-order valence-electron chi connectivity index (χ4n) is 3.75. The van der Waals surface area contributed by atoms with Crippen LogP contribution in [0.15, 0.2) is 48.5 Å². The number of piperazine rings is 1. The van der Waals surface area contributed by atoms with Crippen LogP contribution in [0.25, 0.3) is 0 Å². The molecule has 2 aromatic carbocycles. The molecule has 2 unspecified atom stereocenters. The van der Waals surface area contributed by atoms with Crippen LogP contribution in [0.5, 0.6) is 0 Å². The maximum absolute atomic E-state index is 13.3. The monoisotopic (exact) mass is 437 g/mol. The molecule has 0 saturated carbocycles. The van der Waals surface area contributed by atoms with Crippen LogP contribution in [-0.2, 0) is 22.0 Å². The molecule has 3 rings (SSSR count). The van der Waals surface area contributed by atoms with E-state index in [0.29, 0.717) is 11.3 Å². The first-order valence-corrected chi connectivity index (χ1v) is 11.1. The smallest absolute Gasteiger partial charge is 0.366 e. The second-order valence-electron chi connectivity index (χ2n) is 7.50. The molecule has 0 spiro atoms. The van der Waals surface area contributed by atoms with E-state index in [4.69, 9.17) is 5.26 Å². The summed E-state index contributed by atoms with van der Waals surface area (Å²) in [5.41, 5.74) is -0.417. The number of nitriles is 1. The van der Waals surface area contributed by atoms with Crippen LogP contribution in [0.2, 0.25) is 0 Å². The standard InChI is InChI=1S/C21H22F3N3O2S/c1-15-13-27(30(28,29)14-17-6-4-3-5-7-17)16(2)12-26(15)19-9-8-18(11-25)20(10-19)21(22,23)24/h3-10,15-16H,12-14H2,1-2H3. The average molecular weight is 437 g/mol. The molecule has 0 amide bonds. The van der Waals surface area contributed by atoms with E-state index in [1.54, 1.807) is 49.1 Å². The summed E-state index contributed by atoms with van der Waals surface area (Å²) in [5.74, 6) is -0.125. The summed E-state index contributed by atoms with van der Waals surface area (Å²) in [4.78, 5) is 1.76. The lowest BCUT2D eigenvalue weighted by atomic mass is 10.0. The summed E-state index contributed by atoms with van der Waals surface area (Å²) in [6.45, 7) is 3.94. The minimum absolute atomic E-state index is 0.125. The number of alkyl halides is 3. The van der Waals surface area contributed by atoms with E-state index in [2.05, 4.69) is 0 Å². The molecule has 5 nitrogen and oxygen atoms in total. The van der Waals surface area contributed by atoms with Gasteiger partial charge in [0.1, 0.15) is 0 Å². The molecule has 1 aliphatic rings. The zero-order chi connectivity index (χ0) is 22.1. The summed E-state index contributed by atoms with van der Waals surface area (Å²) in [6.07, 6.45) is -4.64. The third-order valence-electron chi connectivity index (χ3n) is 5.24. The van der Waals surface area contributed by atoms with Gasteiger partial charge in [0.05, 0.1) is 22.9 Å². The summed E-state index contributed by atoms with van der Waals surface area (Å²) >= 11 is 0. The molecule has 0 aliphatic carbocycles. The van der Waals surface area contributed by atoms with Gasteiger partial charge in [-0.25, -0.2) is 8.42 Å². The van der Waals surface area contributed by atoms with Gasteiger partial charge in [0.2, 0.25) is 10.0 Å². The molecule has 0 radical (unpaired) electrons. The maximum Gasteiger partial charge on any atom is 0.417 e. The third kappa shape index (κ3) is 4.60. The molecule has 1 fully saturated rings. The lowest BCUT2D eigenvalue weighted by Crippen LogP contribution is -2.58. The number of hydrogen-bond acceptors (Lipinski definition) is 4. The van der Waals surface area contributed by atoms with Crippen molar-refractivity contribution in [2.24, 2.45) is 0 Å². The van der Waals surface area contributed by atoms with E-state index in [0.717, 1.165) is 12.1 Å². The van der Waals surface area contributed by atoms with Gasteiger partial charge in [-0.1, -0.05) is 30.3 Å².